The molecular weight excluding hydrogens is 423 g/mol. The van der Waals surface area contributed by atoms with Crippen LogP contribution in [-0.4, -0.2) is 47.3 Å². The summed E-state index contributed by atoms with van der Waals surface area (Å²) in [5.41, 5.74) is 4.47. The summed E-state index contributed by atoms with van der Waals surface area (Å²) in [5, 5.41) is 19.7. The van der Waals surface area contributed by atoms with Gasteiger partial charge in [-0.2, -0.15) is 0 Å². The summed E-state index contributed by atoms with van der Waals surface area (Å²) in [6.45, 7) is 11.5. The number of rotatable bonds is 7. The van der Waals surface area contributed by atoms with Gasteiger partial charge in [-0.15, -0.1) is 0 Å². The predicted molar refractivity (Wildman–Crippen MR) is 127 cm³/mol. The van der Waals surface area contributed by atoms with E-state index in [0.717, 1.165) is 0 Å². The molecule has 0 aliphatic heterocycles. The SMILES string of the molecule is CC[C@@H](N(NC(=O)c1cccc(OC)c1C)C(=O)c1cc(C)cc(OB(O)O)c1)C(C)(C)C. The van der Waals surface area contributed by atoms with Crippen molar-refractivity contribution in [2.24, 2.45) is 5.41 Å². The number of hydrogen-bond donors (Lipinski definition) is 3. The lowest BCUT2D eigenvalue weighted by Crippen LogP contribution is -2.56. The van der Waals surface area contributed by atoms with E-state index < -0.39 is 19.1 Å². The van der Waals surface area contributed by atoms with Crippen molar-refractivity contribution >= 4 is 19.1 Å². The highest BCUT2D eigenvalue weighted by Gasteiger charge is 2.35. The maximum Gasteiger partial charge on any atom is 0.707 e. The van der Waals surface area contributed by atoms with Gasteiger partial charge in [0.05, 0.1) is 13.2 Å². The number of carbonyl (C=O) groups is 2. The maximum atomic E-state index is 13.7. The predicted octanol–water partition coefficient (Wildman–Crippen LogP) is 3.27. The summed E-state index contributed by atoms with van der Waals surface area (Å²) in [6, 6.07) is 9.49. The van der Waals surface area contributed by atoms with Gasteiger partial charge in [0.25, 0.3) is 11.8 Å². The highest BCUT2D eigenvalue weighted by atomic mass is 16.6. The van der Waals surface area contributed by atoms with Crippen molar-refractivity contribution in [1.82, 2.24) is 10.4 Å². The summed E-state index contributed by atoms with van der Waals surface area (Å²) < 4.78 is 10.3. The molecule has 0 heterocycles. The molecule has 0 saturated carbocycles. The number of nitrogens with one attached hydrogen (secondary N) is 1. The van der Waals surface area contributed by atoms with Crippen LogP contribution in [0.15, 0.2) is 36.4 Å². The molecule has 0 aromatic heterocycles. The number of hydrogen-bond acceptors (Lipinski definition) is 6. The molecule has 0 bridgehead atoms. The number of ether oxygens (including phenoxy) is 1. The molecule has 2 aromatic rings. The van der Waals surface area contributed by atoms with E-state index in [2.05, 4.69) is 5.43 Å². The number of amides is 2. The fraction of sp³-hybridized carbons (Fsp3) is 0.417. The second kappa shape index (κ2) is 10.7. The van der Waals surface area contributed by atoms with Gasteiger partial charge in [-0.1, -0.05) is 33.8 Å². The Morgan fingerprint density at radius 1 is 1.15 bits per heavy atom. The average Bonchev–Trinajstić information content (AvgIpc) is 2.71. The van der Waals surface area contributed by atoms with Crippen molar-refractivity contribution < 1.29 is 29.0 Å². The van der Waals surface area contributed by atoms with E-state index in [9.17, 15) is 9.59 Å². The molecule has 8 nitrogen and oxygen atoms in total. The zero-order valence-electron chi connectivity index (χ0n) is 20.3. The summed E-state index contributed by atoms with van der Waals surface area (Å²) in [4.78, 5) is 26.9. The van der Waals surface area contributed by atoms with Crippen molar-refractivity contribution in [3.05, 3.63) is 58.7 Å². The Morgan fingerprint density at radius 3 is 2.36 bits per heavy atom. The molecular formula is C24H33BN2O6. The Morgan fingerprint density at radius 2 is 1.82 bits per heavy atom. The molecule has 0 spiro atoms. The summed E-state index contributed by atoms with van der Waals surface area (Å²) in [7, 11) is -0.479. The third-order valence-electron chi connectivity index (χ3n) is 5.43. The van der Waals surface area contributed by atoms with Crippen molar-refractivity contribution in [2.45, 2.75) is 54.0 Å². The van der Waals surface area contributed by atoms with E-state index in [-0.39, 0.29) is 22.8 Å². The van der Waals surface area contributed by atoms with Crippen LogP contribution in [-0.2, 0) is 0 Å². The Labute approximate surface area is 195 Å². The van der Waals surface area contributed by atoms with Gasteiger partial charge in [-0.25, -0.2) is 5.01 Å². The lowest BCUT2D eigenvalue weighted by Gasteiger charge is -2.39. The zero-order chi connectivity index (χ0) is 24.9. The first-order valence-electron chi connectivity index (χ1n) is 10.8. The molecule has 3 N–H and O–H groups in total. The van der Waals surface area contributed by atoms with Crippen LogP contribution in [0.1, 0.15) is 66.0 Å². The standard InChI is InChI=1S/C24H33BN2O6/c1-8-21(24(4,5)6)27(26-22(28)19-10-9-11-20(32-7)16(19)3)23(29)17-12-15(2)13-18(14-17)33-25(30)31/h9-14,21,30-31H,8H2,1-7H3,(H,26,28)/t21-/m1/s1. The van der Waals surface area contributed by atoms with Crippen LogP contribution < -0.4 is 14.8 Å². The topological polar surface area (TPSA) is 108 Å². The number of benzene rings is 2. The van der Waals surface area contributed by atoms with Gasteiger partial charge in [0.15, 0.2) is 0 Å². The molecule has 0 fully saturated rings. The lowest BCUT2D eigenvalue weighted by atomic mass is 9.84. The molecule has 2 aromatic carbocycles. The van der Waals surface area contributed by atoms with Gasteiger partial charge < -0.3 is 19.4 Å². The Kier molecular flexibility index (Phi) is 8.52. The zero-order valence-corrected chi connectivity index (χ0v) is 20.3. The summed E-state index contributed by atoms with van der Waals surface area (Å²) in [6.07, 6.45) is 0.594. The van der Waals surface area contributed by atoms with Crippen LogP contribution in [0.5, 0.6) is 11.5 Å². The average molecular weight is 456 g/mol. The van der Waals surface area contributed by atoms with Crippen LogP contribution in [0.2, 0.25) is 0 Å². The number of methoxy groups -OCH3 is 1. The van der Waals surface area contributed by atoms with Crippen LogP contribution in [0.4, 0.5) is 0 Å². The minimum atomic E-state index is -2.01. The summed E-state index contributed by atoms with van der Waals surface area (Å²) in [5.74, 6) is -0.164. The van der Waals surface area contributed by atoms with Crippen molar-refractivity contribution in [3.63, 3.8) is 0 Å². The van der Waals surface area contributed by atoms with Crippen LogP contribution in [0, 0.1) is 19.3 Å². The largest absolute Gasteiger partial charge is 0.707 e. The maximum absolute atomic E-state index is 13.7. The van der Waals surface area contributed by atoms with Crippen molar-refractivity contribution in [2.75, 3.05) is 7.11 Å². The fourth-order valence-electron chi connectivity index (χ4n) is 3.90. The minimum Gasteiger partial charge on any atom is -0.512 e. The molecule has 0 aliphatic carbocycles. The first-order valence-corrected chi connectivity index (χ1v) is 10.8. The molecule has 0 aliphatic rings. The first-order chi connectivity index (χ1) is 15.4. The Balaban J connectivity index is 2.50. The van der Waals surface area contributed by atoms with Gasteiger partial charge in [-0.3, -0.25) is 15.0 Å². The smallest absolute Gasteiger partial charge is 0.512 e. The Hall–Kier alpha value is -3.04. The lowest BCUT2D eigenvalue weighted by molar-refractivity contribution is 0.0284. The van der Waals surface area contributed by atoms with Crippen LogP contribution in [0.25, 0.3) is 0 Å². The Bertz CT molecular complexity index is 1000. The number of carbonyl (C=O) groups excluding carboxylic acids is 2. The monoisotopic (exact) mass is 456 g/mol. The molecule has 33 heavy (non-hydrogen) atoms. The van der Waals surface area contributed by atoms with Gasteiger partial charge in [0.1, 0.15) is 11.5 Å². The number of hydrazine groups is 1. The molecule has 178 valence electrons. The number of aryl methyl sites for hydroxylation is 1. The van der Waals surface area contributed by atoms with Gasteiger partial charge in [0, 0.05) is 16.7 Å². The van der Waals surface area contributed by atoms with Gasteiger partial charge >= 0.3 is 7.32 Å². The second-order valence-corrected chi connectivity index (χ2v) is 9.02. The van der Waals surface area contributed by atoms with Crippen molar-refractivity contribution in [3.8, 4) is 11.5 Å². The number of nitrogens with zero attached hydrogens (tertiary/aromatic N) is 1. The molecule has 0 unspecified atom stereocenters. The fourth-order valence-corrected chi connectivity index (χ4v) is 3.90. The van der Waals surface area contributed by atoms with E-state index in [1.165, 1.54) is 18.2 Å². The van der Waals surface area contributed by atoms with Crippen LogP contribution >= 0.6 is 0 Å². The third-order valence-corrected chi connectivity index (χ3v) is 5.43. The van der Waals surface area contributed by atoms with Gasteiger partial charge in [-0.05, 0) is 61.6 Å². The molecule has 2 rings (SSSR count). The van der Waals surface area contributed by atoms with E-state index >= 15 is 0 Å². The van der Waals surface area contributed by atoms with Gasteiger partial charge in [0.2, 0.25) is 0 Å². The van der Waals surface area contributed by atoms with Crippen molar-refractivity contribution in [1.29, 1.82) is 0 Å². The first kappa shape index (κ1) is 26.2. The molecule has 9 heteroatoms. The minimum absolute atomic E-state index is 0.132. The van der Waals surface area contributed by atoms with E-state index in [0.29, 0.717) is 28.9 Å². The highest BCUT2D eigenvalue weighted by molar-refractivity contribution is 6.33. The third kappa shape index (κ3) is 6.49. The van der Waals surface area contributed by atoms with E-state index in [1.54, 1.807) is 44.2 Å². The normalized spacial score (nSPS) is 12.0. The second-order valence-electron chi connectivity index (χ2n) is 9.02. The highest BCUT2D eigenvalue weighted by Crippen LogP contribution is 2.29. The quantitative estimate of drug-likeness (QED) is 0.436. The molecule has 2 amide bonds. The summed E-state index contributed by atoms with van der Waals surface area (Å²) >= 11 is 0. The van der Waals surface area contributed by atoms with E-state index in [4.69, 9.17) is 19.4 Å². The molecule has 1 atom stereocenters. The van der Waals surface area contributed by atoms with E-state index in [1.807, 2.05) is 27.7 Å². The molecule has 0 radical (unpaired) electrons. The van der Waals surface area contributed by atoms with Crippen LogP contribution in [0.3, 0.4) is 0 Å². The molecule has 0 saturated heterocycles.